The number of aryl methyl sites for hydroxylation is 2. The van der Waals surface area contributed by atoms with E-state index < -0.39 is 0 Å². The molecule has 2 N–H and O–H groups in total. The number of thiophene rings is 1. The van der Waals surface area contributed by atoms with Crippen molar-refractivity contribution in [2.45, 2.75) is 59.2 Å². The molecule has 1 aliphatic rings. The summed E-state index contributed by atoms with van der Waals surface area (Å²) in [7, 11) is 1.81. The van der Waals surface area contributed by atoms with Crippen LogP contribution in [-0.4, -0.2) is 42.2 Å². The predicted molar refractivity (Wildman–Crippen MR) is 127 cm³/mol. The molecule has 3 heterocycles. The van der Waals surface area contributed by atoms with E-state index >= 15 is 0 Å². The molecule has 3 rings (SSSR count). The predicted octanol–water partition coefficient (Wildman–Crippen LogP) is 3.59. The fourth-order valence-electron chi connectivity index (χ4n) is 3.55. The van der Waals surface area contributed by atoms with E-state index in [1.54, 1.807) is 4.88 Å². The van der Waals surface area contributed by atoms with Crippen LogP contribution in [0.3, 0.4) is 0 Å². The highest BCUT2D eigenvalue weighted by molar-refractivity contribution is 14.0. The minimum absolute atomic E-state index is 0. The molecule has 8 heteroatoms. The summed E-state index contributed by atoms with van der Waals surface area (Å²) in [5, 5.41) is 13.3. The van der Waals surface area contributed by atoms with E-state index in [-0.39, 0.29) is 24.0 Å². The van der Waals surface area contributed by atoms with Crippen LogP contribution >= 0.6 is 35.3 Å². The number of halogens is 1. The molecule has 0 amide bonds. The molecule has 156 valence electrons. The average molecular weight is 517 g/mol. The van der Waals surface area contributed by atoms with E-state index in [0.717, 1.165) is 61.9 Å². The third-order valence-corrected chi connectivity index (χ3v) is 6.31. The lowest BCUT2D eigenvalue weighted by atomic mass is 10.1. The summed E-state index contributed by atoms with van der Waals surface area (Å²) in [4.78, 5) is 8.46. The Labute approximate surface area is 189 Å². The Morgan fingerprint density at radius 3 is 2.89 bits per heavy atom. The van der Waals surface area contributed by atoms with Crippen LogP contribution in [0, 0.1) is 0 Å². The summed E-state index contributed by atoms with van der Waals surface area (Å²) in [5.41, 5.74) is 3.69. The third-order valence-electron chi connectivity index (χ3n) is 5.29. The Kier molecular flexibility index (Phi) is 9.23. The molecule has 0 saturated carbocycles. The summed E-state index contributed by atoms with van der Waals surface area (Å²) in [6.07, 6.45) is 2.90. The molecule has 0 aliphatic carbocycles. The summed E-state index contributed by atoms with van der Waals surface area (Å²) in [6, 6.07) is 2.71. The second-order valence-corrected chi connectivity index (χ2v) is 7.98. The van der Waals surface area contributed by atoms with Crippen LogP contribution < -0.4 is 10.6 Å². The van der Waals surface area contributed by atoms with Crippen LogP contribution in [0.1, 0.15) is 48.2 Å². The monoisotopic (exact) mass is 517 g/mol. The Morgan fingerprint density at radius 2 is 2.18 bits per heavy atom. The number of guanidine groups is 1. The standard InChI is InChI=1S/C20H31N5OS.HI/c1-5-17-16(18(6-2)26-24-17)12-23-20(21-4)22-11-14(3)25-9-7-19-15(13-25)8-10-27-19;/h8,10,14H,5-7,9,11-13H2,1-4H3,(H2,21,22,23);1H. The van der Waals surface area contributed by atoms with Crippen LogP contribution in [0.25, 0.3) is 0 Å². The maximum Gasteiger partial charge on any atom is 0.191 e. The number of hydrogen-bond donors (Lipinski definition) is 2. The lowest BCUT2D eigenvalue weighted by Gasteiger charge is -2.32. The molecule has 0 fully saturated rings. The fourth-order valence-corrected chi connectivity index (χ4v) is 4.44. The van der Waals surface area contributed by atoms with Gasteiger partial charge in [0.05, 0.1) is 5.69 Å². The van der Waals surface area contributed by atoms with Crippen molar-refractivity contribution in [2.24, 2.45) is 4.99 Å². The van der Waals surface area contributed by atoms with Crippen LogP contribution in [0.5, 0.6) is 0 Å². The molecule has 1 atom stereocenters. The van der Waals surface area contributed by atoms with Gasteiger partial charge in [0, 0.05) is 56.1 Å². The largest absolute Gasteiger partial charge is 0.361 e. The van der Waals surface area contributed by atoms with Gasteiger partial charge in [-0.25, -0.2) is 0 Å². The molecule has 0 saturated heterocycles. The number of nitrogens with zero attached hydrogens (tertiary/aromatic N) is 3. The Bertz CT molecular complexity index is 751. The van der Waals surface area contributed by atoms with Crippen molar-refractivity contribution < 1.29 is 4.52 Å². The lowest BCUT2D eigenvalue weighted by molar-refractivity contribution is 0.192. The van der Waals surface area contributed by atoms with E-state index in [1.165, 1.54) is 5.56 Å². The first-order valence-corrected chi connectivity index (χ1v) is 10.7. The van der Waals surface area contributed by atoms with Crippen molar-refractivity contribution >= 4 is 41.3 Å². The second kappa shape index (κ2) is 11.2. The number of nitrogens with one attached hydrogen (secondary N) is 2. The van der Waals surface area contributed by atoms with Gasteiger partial charge in [0.2, 0.25) is 0 Å². The molecule has 0 radical (unpaired) electrons. The second-order valence-electron chi connectivity index (χ2n) is 6.98. The van der Waals surface area contributed by atoms with E-state index in [9.17, 15) is 0 Å². The van der Waals surface area contributed by atoms with Crippen LogP contribution in [0.15, 0.2) is 21.0 Å². The van der Waals surface area contributed by atoms with E-state index in [2.05, 4.69) is 57.9 Å². The number of fused-ring (bicyclic) bond motifs is 1. The molecule has 1 aliphatic heterocycles. The zero-order chi connectivity index (χ0) is 19.2. The van der Waals surface area contributed by atoms with E-state index in [1.807, 2.05) is 18.4 Å². The maximum atomic E-state index is 5.45. The van der Waals surface area contributed by atoms with Crippen molar-refractivity contribution in [3.63, 3.8) is 0 Å². The van der Waals surface area contributed by atoms with Gasteiger partial charge in [0.1, 0.15) is 5.76 Å². The minimum atomic E-state index is 0. The van der Waals surface area contributed by atoms with Gasteiger partial charge in [-0.2, -0.15) is 0 Å². The third kappa shape index (κ3) is 5.48. The number of rotatable bonds is 7. The Morgan fingerprint density at radius 1 is 1.36 bits per heavy atom. The highest BCUT2D eigenvalue weighted by Gasteiger charge is 2.21. The molecule has 1 unspecified atom stereocenters. The summed E-state index contributed by atoms with van der Waals surface area (Å²) < 4.78 is 5.45. The van der Waals surface area contributed by atoms with Gasteiger partial charge < -0.3 is 15.2 Å². The van der Waals surface area contributed by atoms with Crippen LogP contribution in [0.2, 0.25) is 0 Å². The maximum absolute atomic E-state index is 5.45. The zero-order valence-corrected chi connectivity index (χ0v) is 20.4. The van der Waals surface area contributed by atoms with E-state index in [4.69, 9.17) is 4.52 Å². The van der Waals surface area contributed by atoms with Crippen molar-refractivity contribution in [2.75, 3.05) is 20.1 Å². The highest BCUT2D eigenvalue weighted by atomic mass is 127. The fraction of sp³-hybridized carbons (Fsp3) is 0.600. The van der Waals surface area contributed by atoms with Gasteiger partial charge in [-0.05, 0) is 36.8 Å². The SMILES string of the molecule is CCc1noc(CC)c1CNC(=NC)NCC(C)N1CCc2sccc2C1.I. The van der Waals surface area contributed by atoms with E-state index in [0.29, 0.717) is 12.6 Å². The quantitative estimate of drug-likeness (QED) is 0.334. The van der Waals surface area contributed by atoms with Gasteiger partial charge in [-0.1, -0.05) is 19.0 Å². The van der Waals surface area contributed by atoms with Crippen molar-refractivity contribution in [3.05, 3.63) is 38.9 Å². The number of hydrogen-bond acceptors (Lipinski definition) is 5. The molecular formula is C20H32IN5OS. The first-order chi connectivity index (χ1) is 13.2. The first kappa shape index (κ1) is 23.2. The summed E-state index contributed by atoms with van der Waals surface area (Å²) >= 11 is 1.89. The molecule has 2 aromatic heterocycles. The Hall–Kier alpha value is -1.13. The molecule has 0 aromatic carbocycles. The minimum Gasteiger partial charge on any atom is -0.361 e. The van der Waals surface area contributed by atoms with Crippen molar-refractivity contribution in [3.8, 4) is 0 Å². The van der Waals surface area contributed by atoms with Gasteiger partial charge >= 0.3 is 0 Å². The van der Waals surface area contributed by atoms with Gasteiger partial charge in [-0.3, -0.25) is 9.89 Å². The van der Waals surface area contributed by atoms with Crippen molar-refractivity contribution in [1.29, 1.82) is 0 Å². The Balaban J connectivity index is 0.00000280. The van der Waals surface area contributed by atoms with Crippen LogP contribution in [0.4, 0.5) is 0 Å². The summed E-state index contributed by atoms with van der Waals surface area (Å²) in [6.45, 7) is 10.2. The highest BCUT2D eigenvalue weighted by Crippen LogP contribution is 2.25. The van der Waals surface area contributed by atoms with Gasteiger partial charge in [0.25, 0.3) is 0 Å². The summed E-state index contributed by atoms with van der Waals surface area (Å²) in [5.74, 6) is 1.78. The zero-order valence-electron chi connectivity index (χ0n) is 17.2. The molecule has 0 bridgehead atoms. The lowest BCUT2D eigenvalue weighted by Crippen LogP contribution is -2.47. The molecule has 2 aromatic rings. The topological polar surface area (TPSA) is 65.7 Å². The van der Waals surface area contributed by atoms with Crippen molar-refractivity contribution in [1.82, 2.24) is 20.7 Å². The first-order valence-electron chi connectivity index (χ1n) is 9.86. The molecule has 0 spiro atoms. The molecule has 6 nitrogen and oxygen atoms in total. The number of aliphatic imine (C=N–C) groups is 1. The number of aromatic nitrogens is 1. The molecular weight excluding hydrogens is 485 g/mol. The van der Waals surface area contributed by atoms with Crippen LogP contribution in [-0.2, 0) is 32.4 Å². The normalized spacial score (nSPS) is 15.6. The average Bonchev–Trinajstić information content (AvgIpc) is 3.33. The van der Waals surface area contributed by atoms with Gasteiger partial charge in [-0.15, -0.1) is 35.3 Å². The van der Waals surface area contributed by atoms with Gasteiger partial charge in [0.15, 0.2) is 5.96 Å². The molecule has 28 heavy (non-hydrogen) atoms. The smallest absolute Gasteiger partial charge is 0.191 e.